The number of ether oxygens (including phenoxy) is 1. The van der Waals surface area contributed by atoms with Crippen LogP contribution in [0.25, 0.3) is 0 Å². The molecule has 1 N–H and O–H groups in total. The first-order valence-corrected chi connectivity index (χ1v) is 8.70. The van der Waals surface area contributed by atoms with Gasteiger partial charge in [-0.3, -0.25) is 9.00 Å². The van der Waals surface area contributed by atoms with E-state index in [1.807, 2.05) is 18.2 Å². The minimum absolute atomic E-state index is 0.0917. The fourth-order valence-electron chi connectivity index (χ4n) is 1.85. The lowest BCUT2D eigenvalue weighted by Crippen LogP contribution is -2.20. The fourth-order valence-corrected chi connectivity index (χ4v) is 2.63. The molecular formula is C16H16ClNO3S. The van der Waals surface area contributed by atoms with E-state index in [1.165, 1.54) is 0 Å². The number of anilines is 1. The zero-order chi connectivity index (χ0) is 15.9. The largest absolute Gasteiger partial charge is 0.484 e. The standard InChI is InChI=1S/C16H16ClNO3S/c1-22(20)11-12-3-2-4-14(9-12)18-16(19)10-21-15-7-5-13(17)6-8-15/h2-9H,10-11H2,1H3,(H,18,19). The van der Waals surface area contributed by atoms with Gasteiger partial charge in [-0.2, -0.15) is 0 Å². The Morgan fingerprint density at radius 1 is 1.23 bits per heavy atom. The molecule has 0 saturated heterocycles. The van der Waals surface area contributed by atoms with Crippen molar-refractivity contribution in [2.24, 2.45) is 0 Å². The van der Waals surface area contributed by atoms with Crippen molar-refractivity contribution < 1.29 is 13.7 Å². The Balaban J connectivity index is 1.89. The van der Waals surface area contributed by atoms with Gasteiger partial charge in [-0.1, -0.05) is 23.7 Å². The SMILES string of the molecule is CS(=O)Cc1cccc(NC(=O)COc2ccc(Cl)cc2)c1. The maximum atomic E-state index is 11.9. The van der Waals surface area contributed by atoms with E-state index in [9.17, 15) is 9.00 Å². The minimum Gasteiger partial charge on any atom is -0.484 e. The van der Waals surface area contributed by atoms with Gasteiger partial charge in [0, 0.05) is 33.5 Å². The first-order valence-electron chi connectivity index (χ1n) is 6.60. The maximum absolute atomic E-state index is 11.9. The number of nitrogens with one attached hydrogen (secondary N) is 1. The molecule has 2 aromatic rings. The topological polar surface area (TPSA) is 55.4 Å². The van der Waals surface area contributed by atoms with Gasteiger partial charge < -0.3 is 10.1 Å². The molecule has 0 fully saturated rings. The second-order valence-electron chi connectivity index (χ2n) is 4.71. The molecule has 0 aliphatic heterocycles. The summed E-state index contributed by atoms with van der Waals surface area (Å²) < 4.78 is 16.6. The van der Waals surface area contributed by atoms with Crippen molar-refractivity contribution in [1.29, 1.82) is 0 Å². The fraction of sp³-hybridized carbons (Fsp3) is 0.188. The third kappa shape index (κ3) is 5.50. The summed E-state index contributed by atoms with van der Waals surface area (Å²) in [4.78, 5) is 11.9. The van der Waals surface area contributed by atoms with E-state index < -0.39 is 10.8 Å². The Morgan fingerprint density at radius 2 is 1.95 bits per heavy atom. The number of rotatable bonds is 6. The molecule has 1 atom stereocenters. The Morgan fingerprint density at radius 3 is 2.64 bits per heavy atom. The lowest BCUT2D eigenvalue weighted by Gasteiger charge is -2.08. The maximum Gasteiger partial charge on any atom is 0.262 e. The highest BCUT2D eigenvalue weighted by Gasteiger charge is 2.05. The van der Waals surface area contributed by atoms with Crippen molar-refractivity contribution in [2.75, 3.05) is 18.2 Å². The van der Waals surface area contributed by atoms with Crippen LogP contribution in [0.15, 0.2) is 48.5 Å². The molecule has 116 valence electrons. The van der Waals surface area contributed by atoms with Crippen LogP contribution in [0.3, 0.4) is 0 Å². The molecule has 1 amide bonds. The molecule has 2 aromatic carbocycles. The van der Waals surface area contributed by atoms with E-state index in [2.05, 4.69) is 5.32 Å². The van der Waals surface area contributed by atoms with Crippen molar-refractivity contribution in [3.05, 3.63) is 59.1 Å². The van der Waals surface area contributed by atoms with Gasteiger partial charge >= 0.3 is 0 Å². The molecule has 0 spiro atoms. The average Bonchev–Trinajstić information content (AvgIpc) is 2.46. The van der Waals surface area contributed by atoms with Crippen LogP contribution in [0.5, 0.6) is 5.75 Å². The normalized spacial score (nSPS) is 11.7. The van der Waals surface area contributed by atoms with Gasteiger partial charge in [0.1, 0.15) is 5.75 Å². The first kappa shape index (κ1) is 16.5. The van der Waals surface area contributed by atoms with Crippen molar-refractivity contribution in [2.45, 2.75) is 5.75 Å². The van der Waals surface area contributed by atoms with Gasteiger partial charge in [0.2, 0.25) is 0 Å². The molecule has 0 aliphatic rings. The van der Waals surface area contributed by atoms with Gasteiger partial charge in [0.15, 0.2) is 6.61 Å². The lowest BCUT2D eigenvalue weighted by molar-refractivity contribution is -0.118. The number of carbonyl (C=O) groups is 1. The molecule has 0 saturated carbocycles. The van der Waals surface area contributed by atoms with Gasteiger partial charge in [-0.05, 0) is 42.0 Å². The molecule has 1 unspecified atom stereocenters. The number of amides is 1. The molecule has 0 aliphatic carbocycles. The van der Waals surface area contributed by atoms with Crippen LogP contribution in [-0.4, -0.2) is 23.0 Å². The molecule has 2 rings (SSSR count). The minimum atomic E-state index is -0.916. The highest BCUT2D eigenvalue weighted by molar-refractivity contribution is 7.83. The molecule has 0 heterocycles. The van der Waals surface area contributed by atoms with Crippen LogP contribution >= 0.6 is 11.6 Å². The van der Waals surface area contributed by atoms with E-state index in [-0.39, 0.29) is 12.5 Å². The smallest absolute Gasteiger partial charge is 0.262 e. The molecule has 22 heavy (non-hydrogen) atoms. The highest BCUT2D eigenvalue weighted by Crippen LogP contribution is 2.16. The molecule has 4 nitrogen and oxygen atoms in total. The van der Waals surface area contributed by atoms with Crippen molar-refractivity contribution >= 4 is 34.0 Å². The first-order chi connectivity index (χ1) is 10.5. The Labute approximate surface area is 136 Å². The van der Waals surface area contributed by atoms with E-state index >= 15 is 0 Å². The zero-order valence-electron chi connectivity index (χ0n) is 12.0. The predicted octanol–water partition coefficient (Wildman–Crippen LogP) is 3.24. The number of benzene rings is 2. The number of carbonyl (C=O) groups excluding carboxylic acids is 1. The third-order valence-electron chi connectivity index (χ3n) is 2.76. The second kappa shape index (κ2) is 7.96. The van der Waals surface area contributed by atoms with Crippen LogP contribution in [0.2, 0.25) is 5.02 Å². The van der Waals surface area contributed by atoms with Gasteiger partial charge in [-0.25, -0.2) is 0 Å². The summed E-state index contributed by atoms with van der Waals surface area (Å²) >= 11 is 5.78. The zero-order valence-corrected chi connectivity index (χ0v) is 13.6. The van der Waals surface area contributed by atoms with Gasteiger partial charge in [-0.15, -0.1) is 0 Å². The molecule has 0 aromatic heterocycles. The summed E-state index contributed by atoms with van der Waals surface area (Å²) in [7, 11) is -0.916. The van der Waals surface area contributed by atoms with E-state index in [0.717, 1.165) is 5.56 Å². The lowest BCUT2D eigenvalue weighted by atomic mass is 10.2. The molecular weight excluding hydrogens is 322 g/mol. The summed E-state index contributed by atoms with van der Waals surface area (Å²) in [5.41, 5.74) is 1.57. The second-order valence-corrected chi connectivity index (χ2v) is 6.58. The third-order valence-corrected chi connectivity index (χ3v) is 3.76. The van der Waals surface area contributed by atoms with E-state index in [4.69, 9.17) is 16.3 Å². The van der Waals surface area contributed by atoms with Crippen LogP contribution in [0.1, 0.15) is 5.56 Å². The summed E-state index contributed by atoms with van der Waals surface area (Å²) in [5, 5.41) is 3.36. The van der Waals surface area contributed by atoms with E-state index in [1.54, 1.807) is 36.6 Å². The molecule has 0 bridgehead atoms. The molecule has 0 radical (unpaired) electrons. The van der Waals surface area contributed by atoms with Crippen LogP contribution in [0, 0.1) is 0 Å². The van der Waals surface area contributed by atoms with Crippen molar-refractivity contribution in [3.8, 4) is 5.75 Å². The summed E-state index contributed by atoms with van der Waals surface area (Å²) in [6.45, 7) is -0.0917. The summed E-state index contributed by atoms with van der Waals surface area (Å²) in [6.07, 6.45) is 1.64. The van der Waals surface area contributed by atoms with Gasteiger partial charge in [0.05, 0.1) is 0 Å². The summed E-state index contributed by atoms with van der Waals surface area (Å²) in [6, 6.07) is 14.1. The Hall–Kier alpha value is -1.85. The number of hydrogen-bond donors (Lipinski definition) is 1. The van der Waals surface area contributed by atoms with Crippen molar-refractivity contribution in [1.82, 2.24) is 0 Å². The Bertz CT molecular complexity index is 673. The monoisotopic (exact) mass is 337 g/mol. The molecule has 6 heteroatoms. The number of hydrogen-bond acceptors (Lipinski definition) is 3. The van der Waals surface area contributed by atoms with E-state index in [0.29, 0.717) is 22.2 Å². The highest BCUT2D eigenvalue weighted by atomic mass is 35.5. The Kier molecular flexibility index (Phi) is 5.98. The average molecular weight is 338 g/mol. The van der Waals surface area contributed by atoms with Crippen LogP contribution in [-0.2, 0) is 21.3 Å². The van der Waals surface area contributed by atoms with Crippen LogP contribution in [0.4, 0.5) is 5.69 Å². The van der Waals surface area contributed by atoms with Gasteiger partial charge in [0.25, 0.3) is 5.91 Å². The van der Waals surface area contributed by atoms with Crippen LogP contribution < -0.4 is 10.1 Å². The quantitative estimate of drug-likeness (QED) is 0.880. The van der Waals surface area contributed by atoms with Crippen molar-refractivity contribution in [3.63, 3.8) is 0 Å². The number of halogens is 1. The predicted molar refractivity (Wildman–Crippen MR) is 89.8 cm³/mol. The summed E-state index contributed by atoms with van der Waals surface area (Å²) in [5.74, 6) is 0.782.